The second-order valence-electron chi connectivity index (χ2n) is 5.65. The van der Waals surface area contributed by atoms with Gasteiger partial charge in [0, 0.05) is 16.6 Å². The topological polar surface area (TPSA) is 54.1 Å². The highest BCUT2D eigenvalue weighted by Crippen LogP contribution is 2.23. The van der Waals surface area contributed by atoms with Gasteiger partial charge in [-0.05, 0) is 47.2 Å². The highest BCUT2D eigenvalue weighted by atomic mass is 16.5. The first-order chi connectivity index (χ1) is 11.7. The third-order valence-corrected chi connectivity index (χ3v) is 4.08. The lowest BCUT2D eigenvalue weighted by Gasteiger charge is -2.05. The van der Waals surface area contributed by atoms with Crippen LogP contribution in [0.1, 0.15) is 10.5 Å². The molecule has 0 aliphatic heterocycles. The molecule has 0 saturated heterocycles. The average Bonchev–Trinajstić information content (AvgIpc) is 3.05. The SMILES string of the molecule is COc1ccc2[nH]c(C(=O)Nc3ccc4ccccc4c3)cc2c1. The first-order valence-corrected chi connectivity index (χ1v) is 7.70. The van der Waals surface area contributed by atoms with Gasteiger partial charge in [-0.1, -0.05) is 30.3 Å². The minimum absolute atomic E-state index is 0.166. The van der Waals surface area contributed by atoms with Crippen molar-refractivity contribution in [1.29, 1.82) is 0 Å². The highest BCUT2D eigenvalue weighted by molar-refractivity contribution is 6.06. The number of benzene rings is 3. The molecule has 4 heteroatoms. The van der Waals surface area contributed by atoms with E-state index in [1.165, 1.54) is 0 Å². The Balaban J connectivity index is 1.62. The van der Waals surface area contributed by atoms with Gasteiger partial charge in [0.1, 0.15) is 11.4 Å². The lowest BCUT2D eigenvalue weighted by Crippen LogP contribution is -2.12. The van der Waals surface area contributed by atoms with E-state index in [9.17, 15) is 4.79 Å². The number of H-pyrrole nitrogens is 1. The number of fused-ring (bicyclic) bond motifs is 2. The summed E-state index contributed by atoms with van der Waals surface area (Å²) in [4.78, 5) is 15.6. The number of aromatic amines is 1. The van der Waals surface area contributed by atoms with E-state index in [0.29, 0.717) is 5.69 Å². The Morgan fingerprint density at radius 2 is 1.75 bits per heavy atom. The number of carbonyl (C=O) groups excluding carboxylic acids is 1. The van der Waals surface area contributed by atoms with Crippen LogP contribution in [0.3, 0.4) is 0 Å². The zero-order valence-electron chi connectivity index (χ0n) is 13.2. The molecule has 0 aliphatic carbocycles. The molecule has 0 aliphatic rings. The van der Waals surface area contributed by atoms with Crippen LogP contribution in [0.15, 0.2) is 66.7 Å². The van der Waals surface area contributed by atoms with Gasteiger partial charge in [0.05, 0.1) is 7.11 Å². The van der Waals surface area contributed by atoms with E-state index < -0.39 is 0 Å². The van der Waals surface area contributed by atoms with Crippen LogP contribution in [0.4, 0.5) is 5.69 Å². The van der Waals surface area contributed by atoms with E-state index in [1.807, 2.05) is 66.7 Å². The quantitative estimate of drug-likeness (QED) is 0.581. The molecule has 4 rings (SSSR count). The molecule has 0 atom stereocenters. The Labute approximate surface area is 139 Å². The standard InChI is InChI=1S/C20H16N2O2/c1-24-17-8-9-18-15(11-17)12-19(22-18)20(23)21-16-7-6-13-4-2-3-5-14(13)10-16/h2-12,22H,1H3,(H,21,23). The van der Waals surface area contributed by atoms with Gasteiger partial charge in [0.25, 0.3) is 5.91 Å². The molecule has 24 heavy (non-hydrogen) atoms. The largest absolute Gasteiger partial charge is 0.497 e. The number of hydrogen-bond acceptors (Lipinski definition) is 2. The molecule has 1 amide bonds. The molecule has 3 aromatic carbocycles. The van der Waals surface area contributed by atoms with Crippen LogP contribution in [0.25, 0.3) is 21.7 Å². The fraction of sp³-hybridized carbons (Fsp3) is 0.0500. The predicted molar refractivity (Wildman–Crippen MR) is 96.8 cm³/mol. The predicted octanol–water partition coefficient (Wildman–Crippen LogP) is 4.58. The molecule has 118 valence electrons. The van der Waals surface area contributed by atoms with Crippen LogP contribution in [-0.4, -0.2) is 18.0 Å². The lowest BCUT2D eigenvalue weighted by molar-refractivity contribution is 0.102. The summed E-state index contributed by atoms with van der Waals surface area (Å²) in [5, 5.41) is 6.12. The number of hydrogen-bond donors (Lipinski definition) is 2. The van der Waals surface area contributed by atoms with Crippen molar-refractivity contribution in [3.05, 3.63) is 72.4 Å². The van der Waals surface area contributed by atoms with Gasteiger partial charge in [-0.2, -0.15) is 0 Å². The third-order valence-electron chi connectivity index (χ3n) is 4.08. The van der Waals surface area contributed by atoms with Crippen molar-refractivity contribution in [3.63, 3.8) is 0 Å². The Morgan fingerprint density at radius 3 is 2.58 bits per heavy atom. The molecule has 2 N–H and O–H groups in total. The van der Waals surface area contributed by atoms with Crippen LogP contribution < -0.4 is 10.1 Å². The Bertz CT molecular complexity index is 1050. The van der Waals surface area contributed by atoms with Crippen molar-refractivity contribution < 1.29 is 9.53 Å². The van der Waals surface area contributed by atoms with Crippen LogP contribution in [0.2, 0.25) is 0 Å². The molecule has 4 aromatic rings. The summed E-state index contributed by atoms with van der Waals surface area (Å²) < 4.78 is 5.21. The van der Waals surface area contributed by atoms with Crippen molar-refractivity contribution in [2.24, 2.45) is 0 Å². The van der Waals surface area contributed by atoms with Crippen molar-refractivity contribution in [2.45, 2.75) is 0 Å². The van der Waals surface area contributed by atoms with Gasteiger partial charge in [0.2, 0.25) is 0 Å². The Morgan fingerprint density at radius 1 is 0.917 bits per heavy atom. The molecule has 0 fully saturated rings. The van der Waals surface area contributed by atoms with E-state index in [1.54, 1.807) is 7.11 Å². The van der Waals surface area contributed by atoms with Crippen LogP contribution in [0.5, 0.6) is 5.75 Å². The van der Waals surface area contributed by atoms with Crippen molar-refractivity contribution in [1.82, 2.24) is 4.98 Å². The Kier molecular flexibility index (Phi) is 3.43. The highest BCUT2D eigenvalue weighted by Gasteiger charge is 2.10. The van der Waals surface area contributed by atoms with Crippen molar-refractivity contribution in [3.8, 4) is 5.75 Å². The first kappa shape index (κ1) is 14.3. The molecular weight excluding hydrogens is 300 g/mol. The third kappa shape index (κ3) is 2.58. The summed E-state index contributed by atoms with van der Waals surface area (Å²) in [5.74, 6) is 0.600. The maximum absolute atomic E-state index is 12.5. The Hall–Kier alpha value is -3.27. The van der Waals surface area contributed by atoms with Crippen molar-refractivity contribution in [2.75, 3.05) is 12.4 Å². The van der Waals surface area contributed by atoms with E-state index in [4.69, 9.17) is 4.74 Å². The smallest absolute Gasteiger partial charge is 0.272 e. The average molecular weight is 316 g/mol. The molecule has 0 unspecified atom stereocenters. The zero-order valence-corrected chi connectivity index (χ0v) is 13.2. The first-order valence-electron chi connectivity index (χ1n) is 7.70. The fourth-order valence-electron chi connectivity index (χ4n) is 2.83. The van der Waals surface area contributed by atoms with Crippen molar-refractivity contribution >= 4 is 33.3 Å². The molecular formula is C20H16N2O2. The molecule has 0 radical (unpaired) electrons. The molecule has 1 heterocycles. The van der Waals surface area contributed by atoms with E-state index in [0.717, 1.165) is 33.1 Å². The summed E-state index contributed by atoms with van der Waals surface area (Å²) in [7, 11) is 1.63. The lowest BCUT2D eigenvalue weighted by atomic mass is 10.1. The molecule has 4 nitrogen and oxygen atoms in total. The number of carbonyl (C=O) groups is 1. The van der Waals surface area contributed by atoms with E-state index in [2.05, 4.69) is 10.3 Å². The summed E-state index contributed by atoms with van der Waals surface area (Å²) in [6.07, 6.45) is 0. The summed E-state index contributed by atoms with van der Waals surface area (Å²) in [6.45, 7) is 0. The van der Waals surface area contributed by atoms with Gasteiger partial charge >= 0.3 is 0 Å². The van der Waals surface area contributed by atoms with Crippen LogP contribution in [0, 0.1) is 0 Å². The minimum atomic E-state index is -0.166. The minimum Gasteiger partial charge on any atom is -0.497 e. The molecule has 0 saturated carbocycles. The van der Waals surface area contributed by atoms with Gasteiger partial charge < -0.3 is 15.0 Å². The van der Waals surface area contributed by atoms with Crippen LogP contribution in [-0.2, 0) is 0 Å². The van der Waals surface area contributed by atoms with E-state index in [-0.39, 0.29) is 5.91 Å². The number of aromatic nitrogens is 1. The van der Waals surface area contributed by atoms with Gasteiger partial charge in [-0.15, -0.1) is 0 Å². The number of anilines is 1. The molecule has 1 aromatic heterocycles. The molecule has 0 spiro atoms. The maximum Gasteiger partial charge on any atom is 0.272 e. The van der Waals surface area contributed by atoms with Gasteiger partial charge in [0.15, 0.2) is 0 Å². The van der Waals surface area contributed by atoms with Gasteiger partial charge in [-0.25, -0.2) is 0 Å². The monoisotopic (exact) mass is 316 g/mol. The summed E-state index contributed by atoms with van der Waals surface area (Å²) >= 11 is 0. The zero-order chi connectivity index (χ0) is 16.5. The normalized spacial score (nSPS) is 10.9. The number of ether oxygens (including phenoxy) is 1. The maximum atomic E-state index is 12.5. The second kappa shape index (κ2) is 5.74. The van der Waals surface area contributed by atoms with Crippen LogP contribution >= 0.6 is 0 Å². The number of nitrogens with one attached hydrogen (secondary N) is 2. The summed E-state index contributed by atoms with van der Waals surface area (Å²) in [5.41, 5.74) is 2.20. The summed E-state index contributed by atoms with van der Waals surface area (Å²) in [6, 6.07) is 21.4. The van der Waals surface area contributed by atoms with E-state index >= 15 is 0 Å². The second-order valence-corrected chi connectivity index (χ2v) is 5.65. The molecule has 0 bridgehead atoms. The fourth-order valence-corrected chi connectivity index (χ4v) is 2.83. The number of rotatable bonds is 3. The number of methoxy groups -OCH3 is 1. The van der Waals surface area contributed by atoms with Gasteiger partial charge in [-0.3, -0.25) is 4.79 Å². The number of amides is 1.